The van der Waals surface area contributed by atoms with Gasteiger partial charge in [0.25, 0.3) is 0 Å². The van der Waals surface area contributed by atoms with Crippen molar-refractivity contribution >= 4 is 22.8 Å². The number of fused-ring (bicyclic) bond motifs is 1. The normalized spacial score (nSPS) is 17.4. The van der Waals surface area contributed by atoms with Gasteiger partial charge in [0.2, 0.25) is 0 Å². The van der Waals surface area contributed by atoms with Crippen molar-refractivity contribution in [1.29, 1.82) is 0 Å². The molecule has 122 valence electrons. The number of aromatic nitrogens is 2. The number of H-pyrrole nitrogens is 1. The van der Waals surface area contributed by atoms with Gasteiger partial charge in [-0.05, 0) is 43.5 Å². The molecule has 3 aromatic rings. The summed E-state index contributed by atoms with van der Waals surface area (Å²) in [4.78, 5) is 22.7. The topological polar surface area (TPSA) is 61.0 Å². The first kappa shape index (κ1) is 14.8. The van der Waals surface area contributed by atoms with Gasteiger partial charge in [-0.2, -0.15) is 0 Å². The number of hydrogen-bond acceptors (Lipinski definition) is 2. The van der Waals surface area contributed by atoms with E-state index in [1.807, 2.05) is 60.4 Å². The molecule has 0 unspecified atom stereocenters. The maximum absolute atomic E-state index is 12.7. The molecule has 24 heavy (non-hydrogen) atoms. The molecule has 0 radical (unpaired) electrons. The Morgan fingerprint density at radius 1 is 1.21 bits per heavy atom. The fourth-order valence-corrected chi connectivity index (χ4v) is 3.32. The van der Waals surface area contributed by atoms with Crippen molar-refractivity contribution in [2.24, 2.45) is 0 Å². The quantitative estimate of drug-likeness (QED) is 0.742. The van der Waals surface area contributed by atoms with E-state index >= 15 is 0 Å². The highest BCUT2D eigenvalue weighted by Gasteiger charge is 2.32. The van der Waals surface area contributed by atoms with Crippen LogP contribution in [0.3, 0.4) is 0 Å². The standard InChI is InChI=1S/C19H20N4O/c1-13-7-2-3-8-14(13)22-19(24)23-12-6-11-17(23)18-20-15-9-4-5-10-16(15)21-18/h2-5,7-10,17H,6,11-12H2,1H3,(H,20,21)(H,22,24)/t17-/m0/s1. The second-order valence-electron chi connectivity index (χ2n) is 6.24. The number of nitrogens with zero attached hydrogens (tertiary/aromatic N) is 2. The largest absolute Gasteiger partial charge is 0.340 e. The van der Waals surface area contributed by atoms with Crippen LogP contribution in [0.1, 0.15) is 30.3 Å². The number of carbonyl (C=O) groups is 1. The lowest BCUT2D eigenvalue weighted by molar-refractivity contribution is 0.205. The van der Waals surface area contributed by atoms with Gasteiger partial charge < -0.3 is 15.2 Å². The summed E-state index contributed by atoms with van der Waals surface area (Å²) in [5, 5.41) is 3.03. The summed E-state index contributed by atoms with van der Waals surface area (Å²) in [6.07, 6.45) is 1.92. The molecule has 1 fully saturated rings. The van der Waals surface area contributed by atoms with E-state index in [2.05, 4.69) is 15.3 Å². The number of carbonyl (C=O) groups excluding carboxylic acids is 1. The van der Waals surface area contributed by atoms with Crippen molar-refractivity contribution in [2.45, 2.75) is 25.8 Å². The maximum atomic E-state index is 12.7. The predicted octanol–water partition coefficient (Wildman–Crippen LogP) is 4.24. The first-order chi connectivity index (χ1) is 11.7. The van der Waals surface area contributed by atoms with Crippen molar-refractivity contribution in [3.05, 3.63) is 59.9 Å². The van der Waals surface area contributed by atoms with Crippen LogP contribution in [0.5, 0.6) is 0 Å². The molecular formula is C19H20N4O. The van der Waals surface area contributed by atoms with Crippen molar-refractivity contribution in [3.63, 3.8) is 0 Å². The number of urea groups is 1. The lowest BCUT2D eigenvalue weighted by Crippen LogP contribution is -2.35. The number of likely N-dealkylation sites (tertiary alicyclic amines) is 1. The van der Waals surface area contributed by atoms with E-state index in [0.717, 1.165) is 47.5 Å². The maximum Gasteiger partial charge on any atom is 0.322 e. The fraction of sp³-hybridized carbons (Fsp3) is 0.263. The Hall–Kier alpha value is -2.82. The van der Waals surface area contributed by atoms with Crippen LogP contribution in [-0.4, -0.2) is 27.4 Å². The molecule has 2 aromatic carbocycles. The molecule has 5 nitrogen and oxygen atoms in total. The Balaban J connectivity index is 1.58. The van der Waals surface area contributed by atoms with E-state index in [9.17, 15) is 4.79 Å². The molecule has 1 aliphatic heterocycles. The minimum absolute atomic E-state index is 0.00131. The molecule has 1 aliphatic rings. The van der Waals surface area contributed by atoms with Gasteiger partial charge in [0.15, 0.2) is 0 Å². The lowest BCUT2D eigenvalue weighted by Gasteiger charge is -2.24. The third kappa shape index (κ3) is 2.62. The molecule has 0 saturated carbocycles. The van der Waals surface area contributed by atoms with Crippen LogP contribution in [0.15, 0.2) is 48.5 Å². The van der Waals surface area contributed by atoms with Crippen molar-refractivity contribution in [2.75, 3.05) is 11.9 Å². The van der Waals surface area contributed by atoms with E-state index in [1.54, 1.807) is 0 Å². The monoisotopic (exact) mass is 320 g/mol. The number of hydrogen-bond donors (Lipinski definition) is 2. The molecule has 1 aromatic heterocycles. The smallest absolute Gasteiger partial charge is 0.322 e. The molecule has 2 amide bonds. The summed E-state index contributed by atoms with van der Waals surface area (Å²) < 4.78 is 0. The third-order valence-electron chi connectivity index (χ3n) is 4.62. The van der Waals surface area contributed by atoms with Gasteiger partial charge in [-0.3, -0.25) is 0 Å². The van der Waals surface area contributed by atoms with Gasteiger partial charge in [0, 0.05) is 12.2 Å². The Morgan fingerprint density at radius 3 is 2.83 bits per heavy atom. The summed E-state index contributed by atoms with van der Waals surface area (Å²) in [6, 6.07) is 15.7. The Kier molecular flexibility index (Phi) is 3.69. The minimum Gasteiger partial charge on any atom is -0.340 e. The van der Waals surface area contributed by atoms with Gasteiger partial charge in [0.1, 0.15) is 5.82 Å². The van der Waals surface area contributed by atoms with E-state index < -0.39 is 0 Å². The number of aromatic amines is 1. The first-order valence-corrected chi connectivity index (χ1v) is 8.30. The second kappa shape index (κ2) is 6.00. The molecule has 4 rings (SSSR count). The minimum atomic E-state index is -0.0627. The number of rotatable bonds is 2. The Bertz CT molecular complexity index is 853. The average Bonchev–Trinajstić information content (AvgIpc) is 3.23. The van der Waals surface area contributed by atoms with Gasteiger partial charge >= 0.3 is 6.03 Å². The van der Waals surface area contributed by atoms with Crippen molar-refractivity contribution in [3.8, 4) is 0 Å². The number of aryl methyl sites for hydroxylation is 1. The van der Waals surface area contributed by atoms with Crippen LogP contribution in [0, 0.1) is 6.92 Å². The van der Waals surface area contributed by atoms with Crippen LogP contribution < -0.4 is 5.32 Å². The van der Waals surface area contributed by atoms with Crippen LogP contribution in [0.4, 0.5) is 10.5 Å². The summed E-state index contributed by atoms with van der Waals surface area (Å²) in [5.74, 6) is 0.869. The zero-order valence-corrected chi connectivity index (χ0v) is 13.6. The average molecular weight is 320 g/mol. The van der Waals surface area contributed by atoms with E-state index in [0.29, 0.717) is 0 Å². The molecule has 1 saturated heterocycles. The Morgan fingerprint density at radius 2 is 2.00 bits per heavy atom. The summed E-state index contributed by atoms with van der Waals surface area (Å²) in [6.45, 7) is 2.75. The highest BCUT2D eigenvalue weighted by Crippen LogP contribution is 2.32. The number of nitrogens with one attached hydrogen (secondary N) is 2. The number of benzene rings is 2. The number of para-hydroxylation sites is 3. The molecule has 1 atom stereocenters. The van der Waals surface area contributed by atoms with E-state index in [4.69, 9.17) is 0 Å². The summed E-state index contributed by atoms with van der Waals surface area (Å²) >= 11 is 0. The highest BCUT2D eigenvalue weighted by atomic mass is 16.2. The van der Waals surface area contributed by atoms with Crippen LogP contribution in [0.2, 0.25) is 0 Å². The molecular weight excluding hydrogens is 300 g/mol. The van der Waals surface area contributed by atoms with Crippen LogP contribution in [0.25, 0.3) is 11.0 Å². The highest BCUT2D eigenvalue weighted by molar-refractivity contribution is 5.90. The Labute approximate surface area is 140 Å². The summed E-state index contributed by atoms with van der Waals surface area (Å²) in [5.41, 5.74) is 3.88. The third-order valence-corrected chi connectivity index (χ3v) is 4.62. The number of anilines is 1. The first-order valence-electron chi connectivity index (χ1n) is 8.30. The molecule has 2 heterocycles. The van der Waals surface area contributed by atoms with Gasteiger partial charge in [-0.15, -0.1) is 0 Å². The summed E-state index contributed by atoms with van der Waals surface area (Å²) in [7, 11) is 0. The number of imidazole rings is 1. The van der Waals surface area contributed by atoms with E-state index in [1.165, 1.54) is 0 Å². The van der Waals surface area contributed by atoms with Gasteiger partial charge in [-0.1, -0.05) is 30.3 Å². The second-order valence-corrected chi connectivity index (χ2v) is 6.24. The molecule has 0 aliphatic carbocycles. The SMILES string of the molecule is Cc1ccccc1NC(=O)N1CCC[C@H]1c1nc2ccccc2[nH]1. The number of amides is 2. The lowest BCUT2D eigenvalue weighted by atomic mass is 10.2. The zero-order valence-electron chi connectivity index (χ0n) is 13.6. The predicted molar refractivity (Wildman–Crippen MR) is 95.0 cm³/mol. The molecule has 2 N–H and O–H groups in total. The van der Waals surface area contributed by atoms with Crippen LogP contribution in [-0.2, 0) is 0 Å². The fourth-order valence-electron chi connectivity index (χ4n) is 3.32. The molecule has 5 heteroatoms. The van der Waals surface area contributed by atoms with Crippen molar-refractivity contribution in [1.82, 2.24) is 14.9 Å². The van der Waals surface area contributed by atoms with Crippen LogP contribution >= 0.6 is 0 Å². The van der Waals surface area contributed by atoms with Gasteiger partial charge in [0.05, 0.1) is 17.1 Å². The van der Waals surface area contributed by atoms with Crippen molar-refractivity contribution < 1.29 is 4.79 Å². The van der Waals surface area contributed by atoms with Gasteiger partial charge in [-0.25, -0.2) is 9.78 Å². The molecule has 0 bridgehead atoms. The zero-order chi connectivity index (χ0) is 16.5. The van der Waals surface area contributed by atoms with E-state index in [-0.39, 0.29) is 12.1 Å². The molecule has 0 spiro atoms.